The molecule has 1 aromatic carbocycles. The van der Waals surface area contributed by atoms with Crippen molar-refractivity contribution in [1.29, 1.82) is 0 Å². The lowest BCUT2D eigenvalue weighted by Crippen LogP contribution is -2.46. The van der Waals surface area contributed by atoms with E-state index in [1.54, 1.807) is 27.7 Å². The van der Waals surface area contributed by atoms with Crippen molar-refractivity contribution in [2.75, 3.05) is 19.8 Å². The summed E-state index contributed by atoms with van der Waals surface area (Å²) in [5.41, 5.74) is 0.390. The molecule has 0 unspecified atom stereocenters. The number of nitrogens with one attached hydrogen (secondary N) is 1. The summed E-state index contributed by atoms with van der Waals surface area (Å²) in [7, 11) is 0. The van der Waals surface area contributed by atoms with E-state index >= 15 is 0 Å². The van der Waals surface area contributed by atoms with Crippen LogP contribution in [0.25, 0.3) is 0 Å². The number of ether oxygens (including phenoxy) is 3. The Kier molecular flexibility index (Phi) is 12.4. The van der Waals surface area contributed by atoms with E-state index in [1.165, 1.54) is 0 Å². The smallest absolute Gasteiger partial charge is 0.408 e. The van der Waals surface area contributed by atoms with E-state index in [0.29, 0.717) is 25.4 Å². The summed E-state index contributed by atoms with van der Waals surface area (Å²) in [5.74, 6) is -0.910. The van der Waals surface area contributed by atoms with Crippen molar-refractivity contribution in [3.8, 4) is 0 Å². The molecule has 33 heavy (non-hydrogen) atoms. The maximum absolute atomic E-state index is 11.9. The quantitative estimate of drug-likeness (QED) is 0.358. The third-order valence-corrected chi connectivity index (χ3v) is 4.81. The number of rotatable bonds is 14. The van der Waals surface area contributed by atoms with Crippen LogP contribution in [-0.4, -0.2) is 65.9 Å². The van der Waals surface area contributed by atoms with Crippen LogP contribution in [0, 0.1) is 11.8 Å². The van der Waals surface area contributed by atoms with Crippen LogP contribution in [0.2, 0.25) is 0 Å². The Bertz CT molecular complexity index is 700. The SMILES string of the molecule is CC(C)CO[C@H]([C@H](CCOC[C@H](NC(=O)OC(C)(C)C)C(=O)O)Cc1ccccc1)[C@H](C)O. The molecule has 0 heterocycles. The molecule has 3 N–H and O–H groups in total. The van der Waals surface area contributed by atoms with Gasteiger partial charge in [-0.3, -0.25) is 0 Å². The van der Waals surface area contributed by atoms with E-state index in [4.69, 9.17) is 14.2 Å². The lowest BCUT2D eigenvalue weighted by Gasteiger charge is -2.30. The average molecular weight is 468 g/mol. The van der Waals surface area contributed by atoms with Crippen LogP contribution in [0.5, 0.6) is 0 Å². The van der Waals surface area contributed by atoms with Gasteiger partial charge in [-0.1, -0.05) is 44.2 Å². The number of carbonyl (C=O) groups is 2. The summed E-state index contributed by atoms with van der Waals surface area (Å²) in [6.07, 6.45) is -0.612. The van der Waals surface area contributed by atoms with Crippen LogP contribution in [0.4, 0.5) is 4.79 Å². The van der Waals surface area contributed by atoms with Gasteiger partial charge >= 0.3 is 12.1 Å². The minimum Gasteiger partial charge on any atom is -0.480 e. The zero-order valence-corrected chi connectivity index (χ0v) is 20.7. The molecule has 8 nitrogen and oxygen atoms in total. The van der Waals surface area contributed by atoms with E-state index in [2.05, 4.69) is 19.2 Å². The normalized spacial score (nSPS) is 15.5. The van der Waals surface area contributed by atoms with E-state index in [-0.39, 0.29) is 25.2 Å². The number of alkyl carbamates (subject to hydrolysis) is 1. The Morgan fingerprint density at radius 3 is 2.21 bits per heavy atom. The monoisotopic (exact) mass is 467 g/mol. The highest BCUT2D eigenvalue weighted by molar-refractivity contribution is 5.80. The highest BCUT2D eigenvalue weighted by Crippen LogP contribution is 2.22. The Balaban J connectivity index is 2.74. The minimum absolute atomic E-state index is 0.0340. The number of carboxylic acid groups (broad SMARTS) is 1. The van der Waals surface area contributed by atoms with Crippen molar-refractivity contribution in [3.05, 3.63) is 35.9 Å². The topological polar surface area (TPSA) is 114 Å². The van der Waals surface area contributed by atoms with Gasteiger partial charge in [-0.2, -0.15) is 0 Å². The first-order valence-electron chi connectivity index (χ1n) is 11.5. The summed E-state index contributed by atoms with van der Waals surface area (Å²) in [4.78, 5) is 23.4. The van der Waals surface area contributed by atoms with Crippen molar-refractivity contribution in [3.63, 3.8) is 0 Å². The number of hydrogen-bond donors (Lipinski definition) is 3. The molecule has 188 valence electrons. The van der Waals surface area contributed by atoms with E-state index in [0.717, 1.165) is 5.56 Å². The first-order chi connectivity index (χ1) is 15.4. The zero-order valence-electron chi connectivity index (χ0n) is 20.7. The van der Waals surface area contributed by atoms with Crippen LogP contribution < -0.4 is 5.32 Å². The molecule has 1 aromatic rings. The molecule has 8 heteroatoms. The van der Waals surface area contributed by atoms with Crippen molar-refractivity contribution in [2.45, 2.75) is 78.2 Å². The fourth-order valence-electron chi connectivity index (χ4n) is 3.33. The third kappa shape index (κ3) is 12.6. The van der Waals surface area contributed by atoms with E-state index < -0.39 is 29.8 Å². The molecule has 0 bridgehead atoms. The first-order valence-corrected chi connectivity index (χ1v) is 11.5. The Hall–Kier alpha value is -2.16. The number of amides is 1. The lowest BCUT2D eigenvalue weighted by molar-refractivity contribution is -0.141. The number of carboxylic acids is 1. The molecule has 0 saturated heterocycles. The van der Waals surface area contributed by atoms with Gasteiger partial charge in [-0.05, 0) is 57.9 Å². The fraction of sp³-hybridized carbons (Fsp3) is 0.680. The van der Waals surface area contributed by atoms with Gasteiger partial charge in [0.2, 0.25) is 0 Å². The Morgan fingerprint density at radius 2 is 1.70 bits per heavy atom. The molecule has 0 fully saturated rings. The van der Waals surface area contributed by atoms with Crippen molar-refractivity contribution in [2.24, 2.45) is 11.8 Å². The predicted molar refractivity (Wildman–Crippen MR) is 126 cm³/mol. The lowest BCUT2D eigenvalue weighted by atomic mass is 9.88. The average Bonchev–Trinajstić information content (AvgIpc) is 2.68. The maximum atomic E-state index is 11.9. The van der Waals surface area contributed by atoms with Crippen LogP contribution in [0.15, 0.2) is 30.3 Å². The van der Waals surface area contributed by atoms with Gasteiger partial charge in [0.15, 0.2) is 6.04 Å². The minimum atomic E-state index is -1.22. The second kappa shape index (κ2) is 14.2. The van der Waals surface area contributed by atoms with Gasteiger partial charge in [0.05, 0.1) is 18.8 Å². The van der Waals surface area contributed by atoms with Gasteiger partial charge in [0, 0.05) is 13.2 Å². The van der Waals surface area contributed by atoms with E-state index in [9.17, 15) is 19.8 Å². The highest BCUT2D eigenvalue weighted by atomic mass is 16.6. The standard InChI is InChI=1S/C25H41NO7/c1-17(2)15-32-22(18(3)27)20(14-19-10-8-7-9-11-19)12-13-31-16-21(23(28)29)26-24(30)33-25(4,5)6/h7-11,17-18,20-22,27H,12-16H2,1-6H3,(H,26,30)(H,28,29)/t18-,20+,21-,22-/m0/s1. The van der Waals surface area contributed by atoms with Gasteiger partial charge in [0.1, 0.15) is 5.60 Å². The van der Waals surface area contributed by atoms with Crippen LogP contribution in [0.3, 0.4) is 0 Å². The molecule has 0 aromatic heterocycles. The molecule has 1 amide bonds. The molecule has 0 aliphatic rings. The largest absolute Gasteiger partial charge is 0.480 e. The number of aliphatic carboxylic acids is 1. The Labute approximate surface area is 197 Å². The molecular weight excluding hydrogens is 426 g/mol. The number of benzene rings is 1. The molecular formula is C25H41NO7. The first kappa shape index (κ1) is 28.9. The van der Waals surface area contributed by atoms with Crippen molar-refractivity contribution >= 4 is 12.1 Å². The molecule has 0 spiro atoms. The van der Waals surface area contributed by atoms with Crippen LogP contribution in [-0.2, 0) is 25.4 Å². The maximum Gasteiger partial charge on any atom is 0.408 e. The summed E-state index contributed by atoms with van der Waals surface area (Å²) >= 11 is 0. The van der Waals surface area contributed by atoms with Crippen molar-refractivity contribution in [1.82, 2.24) is 5.32 Å². The molecule has 0 saturated carbocycles. The molecule has 4 atom stereocenters. The summed E-state index contributed by atoms with van der Waals surface area (Å²) in [5, 5.41) is 22.1. The highest BCUT2D eigenvalue weighted by Gasteiger charge is 2.28. The molecule has 0 aliphatic carbocycles. The number of aliphatic hydroxyl groups is 1. The number of aliphatic hydroxyl groups excluding tert-OH is 1. The molecule has 0 radical (unpaired) electrons. The van der Waals surface area contributed by atoms with Crippen LogP contribution in [0.1, 0.15) is 53.5 Å². The van der Waals surface area contributed by atoms with Gasteiger partial charge in [0.25, 0.3) is 0 Å². The zero-order chi connectivity index (χ0) is 25.0. The molecule has 1 rings (SSSR count). The summed E-state index contributed by atoms with van der Waals surface area (Å²) in [6.45, 7) is 11.5. The summed E-state index contributed by atoms with van der Waals surface area (Å²) in [6, 6.07) is 8.72. The second-order valence-electron chi connectivity index (χ2n) is 9.78. The van der Waals surface area contributed by atoms with Gasteiger partial charge in [-0.15, -0.1) is 0 Å². The Morgan fingerprint density at radius 1 is 1.06 bits per heavy atom. The second-order valence-corrected chi connectivity index (χ2v) is 9.78. The van der Waals surface area contributed by atoms with Crippen LogP contribution >= 0.6 is 0 Å². The number of carbonyl (C=O) groups excluding carboxylic acids is 1. The molecule has 0 aliphatic heterocycles. The number of hydrogen-bond acceptors (Lipinski definition) is 6. The van der Waals surface area contributed by atoms with Crippen molar-refractivity contribution < 1.29 is 34.0 Å². The van der Waals surface area contributed by atoms with Gasteiger partial charge in [-0.25, -0.2) is 9.59 Å². The third-order valence-electron chi connectivity index (χ3n) is 4.81. The van der Waals surface area contributed by atoms with E-state index in [1.807, 2.05) is 30.3 Å². The predicted octanol–water partition coefficient (Wildman–Crippen LogP) is 3.65. The van der Waals surface area contributed by atoms with Gasteiger partial charge < -0.3 is 29.7 Å². The summed E-state index contributed by atoms with van der Waals surface area (Å²) < 4.78 is 16.8. The fourth-order valence-corrected chi connectivity index (χ4v) is 3.33.